The summed E-state index contributed by atoms with van der Waals surface area (Å²) in [4.78, 5) is 8.04. The molecule has 0 aliphatic rings. The fourth-order valence-electron chi connectivity index (χ4n) is 1.70. The second-order valence-electron chi connectivity index (χ2n) is 5.13. The maximum Gasteiger partial charge on any atom is 0.224 e. The van der Waals surface area contributed by atoms with Gasteiger partial charge in [0.25, 0.3) is 0 Å². The minimum Gasteiger partial charge on any atom is -0.367 e. The standard InChI is InChI=1S/C14H25FN4/c1-4-8-17-14-18-10-12(15)13(19-14)16-9-6-5-7-11(2)3/h10-11H,4-9H2,1-3H3,(H2,16,17,18,19). The summed E-state index contributed by atoms with van der Waals surface area (Å²) in [6, 6.07) is 0. The van der Waals surface area contributed by atoms with E-state index >= 15 is 0 Å². The maximum atomic E-state index is 13.5. The van der Waals surface area contributed by atoms with Crippen molar-refractivity contribution in [3.05, 3.63) is 12.0 Å². The minimum atomic E-state index is -0.397. The van der Waals surface area contributed by atoms with Gasteiger partial charge in [0, 0.05) is 13.1 Å². The van der Waals surface area contributed by atoms with Crippen LogP contribution < -0.4 is 10.6 Å². The molecular formula is C14H25FN4. The molecule has 108 valence electrons. The Labute approximate surface area is 115 Å². The van der Waals surface area contributed by atoms with E-state index in [1.54, 1.807) is 0 Å². The number of nitrogens with zero attached hydrogens (tertiary/aromatic N) is 2. The Morgan fingerprint density at radius 3 is 2.68 bits per heavy atom. The summed E-state index contributed by atoms with van der Waals surface area (Å²) in [5, 5.41) is 6.09. The van der Waals surface area contributed by atoms with E-state index in [-0.39, 0.29) is 5.82 Å². The van der Waals surface area contributed by atoms with Crippen molar-refractivity contribution in [3.63, 3.8) is 0 Å². The van der Waals surface area contributed by atoms with Crippen LogP contribution in [0.1, 0.15) is 46.5 Å². The number of halogens is 1. The zero-order valence-electron chi connectivity index (χ0n) is 12.2. The number of hydrogen-bond donors (Lipinski definition) is 2. The normalized spacial score (nSPS) is 10.8. The van der Waals surface area contributed by atoms with Crippen LogP contribution in [0.2, 0.25) is 0 Å². The summed E-state index contributed by atoms with van der Waals surface area (Å²) in [5.41, 5.74) is 0. The average molecular weight is 268 g/mol. The minimum absolute atomic E-state index is 0.290. The first-order chi connectivity index (χ1) is 9.13. The molecule has 19 heavy (non-hydrogen) atoms. The lowest BCUT2D eigenvalue weighted by atomic mass is 10.1. The third-order valence-corrected chi connectivity index (χ3v) is 2.78. The van der Waals surface area contributed by atoms with Crippen LogP contribution in [0.3, 0.4) is 0 Å². The number of rotatable bonds is 9. The van der Waals surface area contributed by atoms with Gasteiger partial charge in [0.05, 0.1) is 6.20 Å². The van der Waals surface area contributed by atoms with Crippen LogP contribution in [-0.2, 0) is 0 Å². The summed E-state index contributed by atoms with van der Waals surface area (Å²) < 4.78 is 13.5. The zero-order valence-corrected chi connectivity index (χ0v) is 12.2. The highest BCUT2D eigenvalue weighted by molar-refractivity contribution is 5.40. The SMILES string of the molecule is CCCNc1ncc(F)c(NCCCCC(C)C)n1. The highest BCUT2D eigenvalue weighted by Crippen LogP contribution is 2.12. The topological polar surface area (TPSA) is 49.8 Å². The maximum absolute atomic E-state index is 13.5. The van der Waals surface area contributed by atoms with E-state index in [9.17, 15) is 4.39 Å². The van der Waals surface area contributed by atoms with Crippen LogP contribution in [0.5, 0.6) is 0 Å². The molecule has 0 aliphatic heterocycles. The summed E-state index contributed by atoms with van der Waals surface area (Å²) >= 11 is 0. The van der Waals surface area contributed by atoms with Gasteiger partial charge in [0.2, 0.25) is 5.95 Å². The van der Waals surface area contributed by atoms with Crippen LogP contribution in [0.25, 0.3) is 0 Å². The first-order valence-electron chi connectivity index (χ1n) is 7.13. The van der Waals surface area contributed by atoms with Gasteiger partial charge in [-0.1, -0.05) is 33.6 Å². The molecule has 0 fully saturated rings. The van der Waals surface area contributed by atoms with Crippen LogP contribution in [0, 0.1) is 11.7 Å². The third-order valence-electron chi connectivity index (χ3n) is 2.78. The van der Waals surface area contributed by atoms with E-state index < -0.39 is 5.82 Å². The lowest BCUT2D eigenvalue weighted by molar-refractivity contribution is 0.543. The summed E-state index contributed by atoms with van der Waals surface area (Å²) in [5.74, 6) is 1.10. The van der Waals surface area contributed by atoms with Gasteiger partial charge in [-0.15, -0.1) is 0 Å². The first kappa shape index (κ1) is 15.7. The Hall–Kier alpha value is -1.39. The summed E-state index contributed by atoms with van der Waals surface area (Å²) in [7, 11) is 0. The molecule has 1 aromatic rings. The lowest BCUT2D eigenvalue weighted by Gasteiger charge is -2.09. The van der Waals surface area contributed by atoms with E-state index in [4.69, 9.17) is 0 Å². The van der Waals surface area contributed by atoms with Crippen molar-refractivity contribution >= 4 is 11.8 Å². The predicted molar refractivity (Wildman–Crippen MR) is 77.9 cm³/mol. The highest BCUT2D eigenvalue weighted by atomic mass is 19.1. The van der Waals surface area contributed by atoms with Gasteiger partial charge in [-0.3, -0.25) is 0 Å². The van der Waals surface area contributed by atoms with Crippen molar-refractivity contribution in [1.29, 1.82) is 0 Å². The van der Waals surface area contributed by atoms with Crippen LogP contribution in [0.4, 0.5) is 16.2 Å². The molecule has 0 amide bonds. The van der Waals surface area contributed by atoms with Crippen molar-refractivity contribution in [2.24, 2.45) is 5.92 Å². The lowest BCUT2D eigenvalue weighted by Crippen LogP contribution is -2.10. The molecule has 2 N–H and O–H groups in total. The van der Waals surface area contributed by atoms with Gasteiger partial charge in [0.1, 0.15) is 0 Å². The fourth-order valence-corrected chi connectivity index (χ4v) is 1.70. The van der Waals surface area contributed by atoms with Gasteiger partial charge in [0.15, 0.2) is 11.6 Å². The first-order valence-corrected chi connectivity index (χ1v) is 7.13. The molecule has 0 aliphatic carbocycles. The molecule has 0 saturated heterocycles. The van der Waals surface area contributed by atoms with Gasteiger partial charge >= 0.3 is 0 Å². The van der Waals surface area contributed by atoms with E-state index in [1.807, 2.05) is 0 Å². The Kier molecular flexibility index (Phi) is 7.15. The number of unbranched alkanes of at least 4 members (excludes halogenated alkanes) is 1. The molecule has 0 aromatic carbocycles. The molecule has 1 aromatic heterocycles. The molecular weight excluding hydrogens is 243 g/mol. The smallest absolute Gasteiger partial charge is 0.224 e. The summed E-state index contributed by atoms with van der Waals surface area (Å²) in [6.07, 6.45) is 5.58. The van der Waals surface area contributed by atoms with Gasteiger partial charge in [-0.2, -0.15) is 4.98 Å². The van der Waals surface area contributed by atoms with Crippen molar-refractivity contribution in [2.75, 3.05) is 23.7 Å². The number of anilines is 2. The number of nitrogens with one attached hydrogen (secondary N) is 2. The average Bonchev–Trinajstić information content (AvgIpc) is 2.38. The number of aromatic nitrogens is 2. The van der Waals surface area contributed by atoms with Crippen molar-refractivity contribution < 1.29 is 4.39 Å². The molecule has 0 radical (unpaired) electrons. The van der Waals surface area contributed by atoms with Crippen LogP contribution in [-0.4, -0.2) is 23.1 Å². The van der Waals surface area contributed by atoms with Gasteiger partial charge in [-0.05, 0) is 18.8 Å². The second kappa shape index (κ2) is 8.67. The monoisotopic (exact) mass is 268 g/mol. The van der Waals surface area contributed by atoms with Crippen molar-refractivity contribution in [2.45, 2.75) is 46.5 Å². The Balaban J connectivity index is 2.39. The predicted octanol–water partition coefficient (Wildman–Crippen LogP) is 3.68. The van der Waals surface area contributed by atoms with Crippen LogP contribution >= 0.6 is 0 Å². The van der Waals surface area contributed by atoms with E-state index in [1.165, 1.54) is 12.6 Å². The van der Waals surface area contributed by atoms with Gasteiger partial charge < -0.3 is 10.6 Å². The van der Waals surface area contributed by atoms with E-state index in [0.717, 1.165) is 38.3 Å². The Bertz CT molecular complexity index is 368. The Morgan fingerprint density at radius 2 is 2.00 bits per heavy atom. The molecule has 1 rings (SSSR count). The molecule has 1 heterocycles. The Morgan fingerprint density at radius 1 is 1.21 bits per heavy atom. The quantitative estimate of drug-likeness (QED) is 0.671. The molecule has 0 bridgehead atoms. The molecule has 0 saturated carbocycles. The highest BCUT2D eigenvalue weighted by Gasteiger charge is 2.05. The van der Waals surface area contributed by atoms with Crippen molar-refractivity contribution in [3.8, 4) is 0 Å². The largest absolute Gasteiger partial charge is 0.367 e. The molecule has 4 nitrogen and oxygen atoms in total. The zero-order chi connectivity index (χ0) is 14.1. The third kappa shape index (κ3) is 6.36. The number of hydrogen-bond acceptors (Lipinski definition) is 4. The van der Waals surface area contributed by atoms with Gasteiger partial charge in [-0.25, -0.2) is 9.37 Å². The molecule has 5 heteroatoms. The van der Waals surface area contributed by atoms with E-state index in [0.29, 0.717) is 5.95 Å². The molecule has 0 unspecified atom stereocenters. The van der Waals surface area contributed by atoms with E-state index in [2.05, 4.69) is 41.4 Å². The second-order valence-corrected chi connectivity index (χ2v) is 5.13. The fraction of sp³-hybridized carbons (Fsp3) is 0.714. The molecule has 0 atom stereocenters. The van der Waals surface area contributed by atoms with Crippen LogP contribution in [0.15, 0.2) is 6.20 Å². The van der Waals surface area contributed by atoms with Crippen molar-refractivity contribution in [1.82, 2.24) is 9.97 Å². The summed E-state index contributed by atoms with van der Waals surface area (Å²) in [6.45, 7) is 8.02. The molecule has 0 spiro atoms.